The van der Waals surface area contributed by atoms with Crippen LogP contribution in [0, 0.1) is 11.3 Å². The highest BCUT2D eigenvalue weighted by atomic mass is 32.2. The Kier molecular flexibility index (Phi) is 4.79. The van der Waals surface area contributed by atoms with Crippen molar-refractivity contribution in [3.63, 3.8) is 0 Å². The highest BCUT2D eigenvalue weighted by Gasteiger charge is 2.13. The first kappa shape index (κ1) is 16.7. The van der Waals surface area contributed by atoms with Gasteiger partial charge in [0, 0.05) is 5.56 Å². The third-order valence-corrected chi connectivity index (χ3v) is 4.26. The normalized spacial score (nSPS) is 12.2. The molecule has 1 unspecified atom stereocenters. The van der Waals surface area contributed by atoms with Crippen LogP contribution < -0.4 is 10.5 Å². The van der Waals surface area contributed by atoms with Crippen LogP contribution in [0.15, 0.2) is 53.4 Å². The van der Waals surface area contributed by atoms with Crippen molar-refractivity contribution in [2.75, 3.05) is 0 Å². The van der Waals surface area contributed by atoms with Gasteiger partial charge in [0.2, 0.25) is 10.0 Å². The van der Waals surface area contributed by atoms with Crippen molar-refractivity contribution in [2.45, 2.75) is 17.9 Å². The van der Waals surface area contributed by atoms with Gasteiger partial charge in [-0.2, -0.15) is 5.26 Å². The molecule has 1 amide bonds. The number of carbonyl (C=O) groups excluding carboxylic acids is 1. The molecule has 118 valence electrons. The second-order valence-corrected chi connectivity index (χ2v) is 6.56. The van der Waals surface area contributed by atoms with Crippen LogP contribution in [0.3, 0.4) is 0 Å². The van der Waals surface area contributed by atoms with Gasteiger partial charge in [0.15, 0.2) is 0 Å². The molecule has 0 fully saturated rings. The molecule has 0 saturated carbocycles. The first-order valence-electron chi connectivity index (χ1n) is 6.75. The van der Waals surface area contributed by atoms with E-state index in [0.717, 1.165) is 5.56 Å². The molecule has 0 aliphatic carbocycles. The summed E-state index contributed by atoms with van der Waals surface area (Å²) in [5.74, 6) is -0.280. The predicted molar refractivity (Wildman–Crippen MR) is 84.9 cm³/mol. The van der Waals surface area contributed by atoms with E-state index in [1.165, 1.54) is 12.1 Å². The quantitative estimate of drug-likeness (QED) is 0.888. The monoisotopic (exact) mass is 329 g/mol. The summed E-state index contributed by atoms with van der Waals surface area (Å²) in [4.78, 5) is 12.2. The number of nitrogens with zero attached hydrogens (tertiary/aromatic N) is 1. The van der Waals surface area contributed by atoms with Gasteiger partial charge in [0.05, 0.1) is 22.6 Å². The van der Waals surface area contributed by atoms with Crippen LogP contribution in [-0.2, 0) is 10.0 Å². The number of primary sulfonamides is 1. The number of nitrogens with one attached hydrogen (secondary N) is 1. The lowest BCUT2D eigenvalue weighted by molar-refractivity contribution is 0.0940. The van der Waals surface area contributed by atoms with Crippen molar-refractivity contribution in [2.24, 2.45) is 5.14 Å². The van der Waals surface area contributed by atoms with Gasteiger partial charge in [0.1, 0.15) is 0 Å². The average Bonchev–Trinajstić information content (AvgIpc) is 2.54. The van der Waals surface area contributed by atoms with Crippen molar-refractivity contribution in [1.82, 2.24) is 5.32 Å². The van der Waals surface area contributed by atoms with E-state index in [9.17, 15) is 13.2 Å². The summed E-state index contributed by atoms with van der Waals surface area (Å²) in [6.45, 7) is 1.79. The summed E-state index contributed by atoms with van der Waals surface area (Å²) in [5.41, 5.74) is 1.67. The Balaban J connectivity index is 2.10. The summed E-state index contributed by atoms with van der Waals surface area (Å²) < 4.78 is 22.4. The smallest absolute Gasteiger partial charge is 0.251 e. The summed E-state index contributed by atoms with van der Waals surface area (Å²) in [6, 6.07) is 14.0. The fraction of sp³-hybridized carbons (Fsp3) is 0.125. The maximum absolute atomic E-state index is 12.1. The van der Waals surface area contributed by atoms with Gasteiger partial charge in [-0.3, -0.25) is 4.79 Å². The van der Waals surface area contributed by atoms with Gasteiger partial charge < -0.3 is 5.32 Å². The molecule has 7 heteroatoms. The molecule has 0 aliphatic rings. The van der Waals surface area contributed by atoms with E-state index in [-0.39, 0.29) is 16.8 Å². The van der Waals surface area contributed by atoms with Crippen molar-refractivity contribution >= 4 is 15.9 Å². The van der Waals surface area contributed by atoms with E-state index in [0.29, 0.717) is 11.1 Å². The van der Waals surface area contributed by atoms with Gasteiger partial charge in [-0.1, -0.05) is 12.1 Å². The number of nitriles is 1. The number of sulfonamides is 1. The van der Waals surface area contributed by atoms with Crippen LogP contribution >= 0.6 is 0 Å². The fourth-order valence-corrected chi connectivity index (χ4v) is 2.52. The van der Waals surface area contributed by atoms with Crippen molar-refractivity contribution in [3.05, 3.63) is 65.2 Å². The standard InChI is InChI=1S/C16H15N3O3S/c1-11(13-6-8-15(9-7-13)23(18,21)22)19-16(20)14-4-2-12(10-17)3-5-14/h2-9,11H,1H3,(H,19,20)(H2,18,21,22). The molecule has 2 aromatic rings. The molecule has 23 heavy (non-hydrogen) atoms. The number of hydrogen-bond donors (Lipinski definition) is 2. The van der Waals surface area contributed by atoms with E-state index in [4.69, 9.17) is 10.4 Å². The van der Waals surface area contributed by atoms with Gasteiger partial charge >= 0.3 is 0 Å². The third kappa shape index (κ3) is 4.16. The highest BCUT2D eigenvalue weighted by molar-refractivity contribution is 7.89. The third-order valence-electron chi connectivity index (χ3n) is 3.33. The number of carbonyl (C=O) groups is 1. The molecule has 1 atom stereocenters. The number of rotatable bonds is 4. The molecule has 0 heterocycles. The van der Waals surface area contributed by atoms with E-state index >= 15 is 0 Å². The van der Waals surface area contributed by atoms with E-state index in [1.54, 1.807) is 43.3 Å². The predicted octanol–water partition coefficient (Wildman–Crippen LogP) is 1.70. The Bertz CT molecular complexity index is 851. The number of benzene rings is 2. The van der Waals surface area contributed by atoms with Crippen molar-refractivity contribution in [3.8, 4) is 6.07 Å². The molecule has 0 radical (unpaired) electrons. The lowest BCUT2D eigenvalue weighted by Crippen LogP contribution is -2.26. The molecule has 6 nitrogen and oxygen atoms in total. The zero-order chi connectivity index (χ0) is 17.0. The number of nitrogens with two attached hydrogens (primary N) is 1. The van der Waals surface area contributed by atoms with E-state index < -0.39 is 10.0 Å². The molecule has 0 aromatic heterocycles. The Morgan fingerprint density at radius 1 is 1.13 bits per heavy atom. The topological polar surface area (TPSA) is 113 Å². The fourth-order valence-electron chi connectivity index (χ4n) is 2.01. The minimum Gasteiger partial charge on any atom is -0.346 e. The Morgan fingerprint density at radius 2 is 1.70 bits per heavy atom. The molecule has 0 bridgehead atoms. The first-order valence-corrected chi connectivity index (χ1v) is 8.29. The molecule has 2 rings (SSSR count). The minimum atomic E-state index is -3.73. The minimum absolute atomic E-state index is 0.0202. The lowest BCUT2D eigenvalue weighted by Gasteiger charge is -2.14. The van der Waals surface area contributed by atoms with E-state index in [2.05, 4.69) is 5.32 Å². The molecular weight excluding hydrogens is 314 g/mol. The van der Waals surface area contributed by atoms with E-state index in [1.807, 2.05) is 6.07 Å². The number of amides is 1. The number of hydrogen-bond acceptors (Lipinski definition) is 4. The Morgan fingerprint density at radius 3 is 2.17 bits per heavy atom. The summed E-state index contributed by atoms with van der Waals surface area (Å²) in [5, 5.41) is 16.6. The van der Waals surface area contributed by atoms with Gasteiger partial charge in [-0.05, 0) is 48.9 Å². The van der Waals surface area contributed by atoms with Crippen molar-refractivity contribution in [1.29, 1.82) is 5.26 Å². The molecule has 0 saturated heterocycles. The SMILES string of the molecule is CC(NC(=O)c1ccc(C#N)cc1)c1ccc(S(N)(=O)=O)cc1. The molecule has 0 aliphatic heterocycles. The lowest BCUT2D eigenvalue weighted by atomic mass is 10.1. The van der Waals surface area contributed by atoms with Crippen LogP contribution in [0.2, 0.25) is 0 Å². The van der Waals surface area contributed by atoms with Crippen LogP contribution in [0.5, 0.6) is 0 Å². The molecule has 3 N–H and O–H groups in total. The van der Waals surface area contributed by atoms with Gasteiger partial charge in [-0.25, -0.2) is 13.6 Å². The van der Waals surface area contributed by atoms with Crippen LogP contribution in [0.4, 0.5) is 0 Å². The summed E-state index contributed by atoms with van der Waals surface area (Å²) in [6.07, 6.45) is 0. The zero-order valence-electron chi connectivity index (χ0n) is 12.4. The van der Waals surface area contributed by atoms with Crippen LogP contribution in [-0.4, -0.2) is 14.3 Å². The Hall–Kier alpha value is -2.69. The van der Waals surface area contributed by atoms with Crippen LogP contribution in [0.1, 0.15) is 34.5 Å². The highest BCUT2D eigenvalue weighted by Crippen LogP contribution is 2.16. The summed E-state index contributed by atoms with van der Waals surface area (Å²) in [7, 11) is -3.73. The molecule has 2 aromatic carbocycles. The molecule has 0 spiro atoms. The van der Waals surface area contributed by atoms with Gasteiger partial charge in [-0.15, -0.1) is 0 Å². The second-order valence-electron chi connectivity index (χ2n) is 5.00. The first-order chi connectivity index (χ1) is 10.8. The Labute approximate surface area is 134 Å². The van der Waals surface area contributed by atoms with Gasteiger partial charge in [0.25, 0.3) is 5.91 Å². The average molecular weight is 329 g/mol. The van der Waals surface area contributed by atoms with Crippen molar-refractivity contribution < 1.29 is 13.2 Å². The summed E-state index contributed by atoms with van der Waals surface area (Å²) >= 11 is 0. The largest absolute Gasteiger partial charge is 0.346 e. The maximum Gasteiger partial charge on any atom is 0.251 e. The van der Waals surface area contributed by atoms with Crippen LogP contribution in [0.25, 0.3) is 0 Å². The zero-order valence-corrected chi connectivity index (χ0v) is 13.2. The maximum atomic E-state index is 12.1. The second kappa shape index (κ2) is 6.60. The molecular formula is C16H15N3O3S.